The molecule has 53 valence electrons. The van der Waals surface area contributed by atoms with Crippen LogP contribution in [0.25, 0.3) is 0 Å². The molecule has 0 aromatic carbocycles. The van der Waals surface area contributed by atoms with E-state index in [1.807, 2.05) is 0 Å². The average Bonchev–Trinajstić information content (AvgIpc) is 2.36. The maximum atomic E-state index is 10.3. The number of rotatable bonds is 2. The molecule has 4 heteroatoms. The van der Waals surface area contributed by atoms with Gasteiger partial charge in [0.15, 0.2) is 0 Å². The molecule has 0 aliphatic rings. The Hall–Kier alpha value is -1.32. The van der Waals surface area contributed by atoms with Gasteiger partial charge in [0.1, 0.15) is 6.20 Å². The quantitative estimate of drug-likeness (QED) is 0.623. The Balaban J connectivity index is 2.77. The summed E-state index contributed by atoms with van der Waals surface area (Å²) in [6, 6.07) is 0. The number of H-pyrrole nitrogens is 1. The summed E-state index contributed by atoms with van der Waals surface area (Å²) >= 11 is 0. The number of aromatic amines is 1. The molecule has 10 heavy (non-hydrogen) atoms. The lowest BCUT2D eigenvalue weighted by molar-refractivity contribution is -0.138. The number of aromatic nitrogens is 2. The largest absolute Gasteiger partial charge is 0.481 e. The number of nitrogens with zero attached hydrogens (tertiary/aromatic N) is 1. The first-order valence-electron chi connectivity index (χ1n) is 2.86. The molecule has 1 aromatic rings. The van der Waals surface area contributed by atoms with Gasteiger partial charge in [-0.25, -0.2) is 0 Å². The average molecular weight is 139 g/mol. The van der Waals surface area contributed by atoms with Crippen LogP contribution < -0.4 is 0 Å². The molecule has 1 atom stereocenters. The Morgan fingerprint density at radius 3 is 3.10 bits per heavy atom. The zero-order valence-electron chi connectivity index (χ0n) is 5.46. The second kappa shape index (κ2) is 2.51. The minimum absolute atomic E-state index is 0.529. The Bertz CT molecular complexity index is 218. The van der Waals surface area contributed by atoms with Crippen LogP contribution in [-0.4, -0.2) is 21.3 Å². The van der Waals surface area contributed by atoms with E-state index < -0.39 is 11.9 Å². The molecule has 1 radical (unpaired) electrons. The third-order valence-electron chi connectivity index (χ3n) is 1.31. The summed E-state index contributed by atoms with van der Waals surface area (Å²) in [5.74, 6) is -1.39. The molecule has 1 unspecified atom stereocenters. The highest BCUT2D eigenvalue weighted by molar-refractivity contribution is 5.75. The van der Waals surface area contributed by atoms with Gasteiger partial charge in [-0.15, -0.1) is 0 Å². The molecule has 0 bridgehead atoms. The van der Waals surface area contributed by atoms with E-state index in [0.29, 0.717) is 5.56 Å². The molecule has 1 aromatic heterocycles. The Morgan fingerprint density at radius 1 is 2.00 bits per heavy atom. The van der Waals surface area contributed by atoms with E-state index in [2.05, 4.69) is 16.4 Å². The second-order valence-electron chi connectivity index (χ2n) is 2.01. The lowest BCUT2D eigenvalue weighted by Crippen LogP contribution is -2.06. The summed E-state index contributed by atoms with van der Waals surface area (Å²) in [4.78, 5) is 10.3. The second-order valence-corrected chi connectivity index (χ2v) is 2.01. The first-order valence-corrected chi connectivity index (χ1v) is 2.86. The van der Waals surface area contributed by atoms with Gasteiger partial charge in [-0.2, -0.15) is 5.10 Å². The number of hydrogen-bond donors (Lipinski definition) is 2. The molecule has 0 amide bonds. The molecular formula is C6H7N2O2. The van der Waals surface area contributed by atoms with Crippen LogP contribution in [0.3, 0.4) is 0 Å². The minimum Gasteiger partial charge on any atom is -0.481 e. The van der Waals surface area contributed by atoms with Crippen LogP contribution in [0.15, 0.2) is 6.20 Å². The van der Waals surface area contributed by atoms with E-state index >= 15 is 0 Å². The van der Waals surface area contributed by atoms with Gasteiger partial charge in [-0.3, -0.25) is 9.89 Å². The molecular weight excluding hydrogens is 132 g/mol. The first-order chi connectivity index (χ1) is 4.72. The van der Waals surface area contributed by atoms with Gasteiger partial charge < -0.3 is 5.11 Å². The summed E-state index contributed by atoms with van der Waals surface area (Å²) in [5, 5.41) is 14.5. The summed E-state index contributed by atoms with van der Waals surface area (Å²) in [5.41, 5.74) is 0.576. The van der Waals surface area contributed by atoms with Crippen LogP contribution in [0.2, 0.25) is 0 Å². The predicted molar refractivity (Wildman–Crippen MR) is 33.5 cm³/mol. The monoisotopic (exact) mass is 139 g/mol. The highest BCUT2D eigenvalue weighted by Gasteiger charge is 2.13. The zero-order valence-corrected chi connectivity index (χ0v) is 5.46. The normalized spacial score (nSPS) is 12.9. The molecule has 4 nitrogen and oxygen atoms in total. The van der Waals surface area contributed by atoms with Crippen molar-refractivity contribution < 1.29 is 9.90 Å². The van der Waals surface area contributed by atoms with Crippen molar-refractivity contribution in [1.82, 2.24) is 10.2 Å². The highest BCUT2D eigenvalue weighted by Crippen LogP contribution is 2.11. The van der Waals surface area contributed by atoms with Crippen LogP contribution >= 0.6 is 0 Å². The fourth-order valence-corrected chi connectivity index (χ4v) is 0.586. The highest BCUT2D eigenvalue weighted by atomic mass is 16.4. The Morgan fingerprint density at radius 2 is 2.70 bits per heavy atom. The Labute approximate surface area is 57.9 Å². The maximum absolute atomic E-state index is 10.3. The van der Waals surface area contributed by atoms with Crippen molar-refractivity contribution in [2.24, 2.45) is 0 Å². The van der Waals surface area contributed by atoms with Gasteiger partial charge in [0.05, 0.1) is 5.92 Å². The topological polar surface area (TPSA) is 66.0 Å². The number of carboxylic acids is 1. The molecule has 0 aliphatic carbocycles. The SMILES string of the molecule is CC(C(=O)O)c1[c]n[nH]c1. The summed E-state index contributed by atoms with van der Waals surface area (Å²) in [6.07, 6.45) is 4.06. The van der Waals surface area contributed by atoms with Crippen molar-refractivity contribution >= 4 is 5.97 Å². The number of nitrogens with one attached hydrogen (secondary N) is 1. The third-order valence-corrected chi connectivity index (χ3v) is 1.31. The first kappa shape index (κ1) is 6.80. The van der Waals surface area contributed by atoms with E-state index in [1.54, 1.807) is 6.92 Å². The Kier molecular flexibility index (Phi) is 1.71. The molecule has 2 N–H and O–H groups in total. The standard InChI is InChI=1S/C6H7N2O2/c1-4(6(9)10)5-2-7-8-3-5/h2,4H,1H3,(H,7,8)(H,9,10). The van der Waals surface area contributed by atoms with Crippen molar-refractivity contribution in [3.63, 3.8) is 0 Å². The van der Waals surface area contributed by atoms with Crippen molar-refractivity contribution in [2.75, 3.05) is 0 Å². The van der Waals surface area contributed by atoms with Crippen molar-refractivity contribution in [3.8, 4) is 0 Å². The van der Waals surface area contributed by atoms with Crippen molar-refractivity contribution in [1.29, 1.82) is 0 Å². The lowest BCUT2D eigenvalue weighted by Gasteiger charge is -1.98. The summed E-state index contributed by atoms with van der Waals surface area (Å²) in [6.45, 7) is 1.59. The molecule has 0 saturated carbocycles. The van der Waals surface area contributed by atoms with Gasteiger partial charge in [-0.1, -0.05) is 0 Å². The number of aliphatic carboxylic acids is 1. The number of carboxylic acid groups (broad SMARTS) is 1. The van der Waals surface area contributed by atoms with E-state index in [0.717, 1.165) is 0 Å². The maximum Gasteiger partial charge on any atom is 0.310 e. The van der Waals surface area contributed by atoms with E-state index in [1.165, 1.54) is 6.20 Å². The molecule has 1 heterocycles. The smallest absolute Gasteiger partial charge is 0.310 e. The number of carbonyl (C=O) groups is 1. The van der Waals surface area contributed by atoms with Crippen LogP contribution in [0.1, 0.15) is 18.4 Å². The van der Waals surface area contributed by atoms with Gasteiger partial charge >= 0.3 is 5.97 Å². The van der Waals surface area contributed by atoms with Crippen LogP contribution in [-0.2, 0) is 4.79 Å². The summed E-state index contributed by atoms with van der Waals surface area (Å²) in [7, 11) is 0. The molecule has 0 aliphatic heterocycles. The number of hydrogen-bond acceptors (Lipinski definition) is 2. The van der Waals surface area contributed by atoms with Crippen LogP contribution in [0.4, 0.5) is 0 Å². The van der Waals surface area contributed by atoms with Crippen LogP contribution in [0, 0.1) is 6.20 Å². The van der Waals surface area contributed by atoms with Crippen molar-refractivity contribution in [3.05, 3.63) is 18.0 Å². The van der Waals surface area contributed by atoms with E-state index in [9.17, 15) is 4.79 Å². The van der Waals surface area contributed by atoms with Crippen LogP contribution in [0.5, 0.6) is 0 Å². The van der Waals surface area contributed by atoms with Gasteiger partial charge in [0.2, 0.25) is 0 Å². The third kappa shape index (κ3) is 1.15. The zero-order chi connectivity index (χ0) is 7.56. The molecule has 0 spiro atoms. The molecule has 0 saturated heterocycles. The summed E-state index contributed by atoms with van der Waals surface area (Å²) < 4.78 is 0. The van der Waals surface area contributed by atoms with E-state index in [-0.39, 0.29) is 0 Å². The molecule has 0 fully saturated rings. The molecule has 1 rings (SSSR count). The fraction of sp³-hybridized carbons (Fsp3) is 0.333. The van der Waals surface area contributed by atoms with Gasteiger partial charge in [-0.05, 0) is 6.92 Å². The predicted octanol–water partition coefficient (Wildman–Crippen LogP) is 0.398. The van der Waals surface area contributed by atoms with Crippen molar-refractivity contribution in [2.45, 2.75) is 12.8 Å². The van der Waals surface area contributed by atoms with Gasteiger partial charge in [0, 0.05) is 11.8 Å². The fourth-order valence-electron chi connectivity index (χ4n) is 0.586. The van der Waals surface area contributed by atoms with Gasteiger partial charge in [0.25, 0.3) is 0 Å². The van der Waals surface area contributed by atoms with E-state index in [4.69, 9.17) is 5.11 Å². The lowest BCUT2D eigenvalue weighted by atomic mass is 10.1. The minimum atomic E-state index is -0.863.